The normalized spacial score (nSPS) is 15.8. The molecule has 3 heterocycles. The number of pyridine rings is 1. The summed E-state index contributed by atoms with van der Waals surface area (Å²) in [4.78, 5) is 18.1. The maximum Gasteiger partial charge on any atom is 0.246 e. The first-order valence-corrected chi connectivity index (χ1v) is 10.4. The monoisotopic (exact) mass is 428 g/mol. The number of likely N-dealkylation sites (tertiary alicyclic amines) is 1. The lowest BCUT2D eigenvalue weighted by atomic mass is 10.1. The second-order valence-electron chi connectivity index (χ2n) is 7.70. The molecule has 2 aromatic heterocycles. The van der Waals surface area contributed by atoms with Crippen LogP contribution in [0.5, 0.6) is 11.5 Å². The number of benzene rings is 2. The number of carbonyl (C=O) groups excluding carboxylic acids is 1. The van der Waals surface area contributed by atoms with E-state index in [9.17, 15) is 9.18 Å². The van der Waals surface area contributed by atoms with E-state index in [1.807, 2.05) is 41.2 Å². The van der Waals surface area contributed by atoms with Gasteiger partial charge in [-0.2, -0.15) is 5.10 Å². The number of fused-ring (bicyclic) bond motifs is 1. The minimum absolute atomic E-state index is 0.0558. The maximum absolute atomic E-state index is 13.4. The smallest absolute Gasteiger partial charge is 0.246 e. The maximum atomic E-state index is 13.4. The zero-order chi connectivity index (χ0) is 22.1. The van der Waals surface area contributed by atoms with Crippen molar-refractivity contribution in [2.24, 2.45) is 0 Å². The highest BCUT2D eigenvalue weighted by atomic mass is 19.1. The molecular weight excluding hydrogens is 407 g/mol. The fourth-order valence-electron chi connectivity index (χ4n) is 4.09. The number of aromatic nitrogens is 3. The summed E-state index contributed by atoms with van der Waals surface area (Å²) in [5, 5.41) is 5.85. The Balaban J connectivity index is 1.45. The number of amides is 1. The van der Waals surface area contributed by atoms with Gasteiger partial charge in [-0.25, -0.2) is 4.39 Å². The molecule has 32 heavy (non-hydrogen) atoms. The van der Waals surface area contributed by atoms with Crippen LogP contribution < -0.4 is 4.74 Å². The highest BCUT2D eigenvalue weighted by molar-refractivity contribution is 5.93. The van der Waals surface area contributed by atoms with Crippen LogP contribution >= 0.6 is 0 Å². The van der Waals surface area contributed by atoms with Gasteiger partial charge in [0.2, 0.25) is 5.91 Å². The van der Waals surface area contributed by atoms with Crippen LogP contribution in [0, 0.1) is 5.82 Å². The minimum atomic E-state index is -0.344. The molecule has 1 amide bonds. The van der Waals surface area contributed by atoms with Gasteiger partial charge in [0.25, 0.3) is 0 Å². The van der Waals surface area contributed by atoms with Gasteiger partial charge in [-0.15, -0.1) is 0 Å². The Morgan fingerprint density at radius 1 is 1.16 bits per heavy atom. The van der Waals surface area contributed by atoms with Crippen molar-refractivity contribution in [3.05, 3.63) is 85.5 Å². The summed E-state index contributed by atoms with van der Waals surface area (Å²) in [7, 11) is 0. The molecule has 0 N–H and O–H groups in total. The van der Waals surface area contributed by atoms with E-state index in [1.54, 1.807) is 23.2 Å². The third kappa shape index (κ3) is 3.73. The van der Waals surface area contributed by atoms with Crippen LogP contribution in [0.15, 0.2) is 79.6 Å². The fourth-order valence-corrected chi connectivity index (χ4v) is 4.09. The third-order valence-corrected chi connectivity index (χ3v) is 5.66. The summed E-state index contributed by atoms with van der Waals surface area (Å²) in [6.45, 7) is 4.87. The van der Waals surface area contributed by atoms with Crippen LogP contribution in [-0.2, 0) is 4.79 Å². The van der Waals surface area contributed by atoms with Gasteiger partial charge >= 0.3 is 0 Å². The van der Waals surface area contributed by atoms with Crippen LogP contribution in [0.1, 0.15) is 12.5 Å². The fraction of sp³-hybridized carbons (Fsp3) is 0.160. The van der Waals surface area contributed by atoms with Crippen molar-refractivity contribution in [1.82, 2.24) is 19.7 Å². The summed E-state index contributed by atoms with van der Waals surface area (Å²) >= 11 is 0. The molecule has 1 unspecified atom stereocenters. The minimum Gasteiger partial charge on any atom is -0.457 e. The quantitative estimate of drug-likeness (QED) is 0.420. The lowest BCUT2D eigenvalue weighted by molar-refractivity contribution is -0.125. The summed E-state index contributed by atoms with van der Waals surface area (Å²) in [5.74, 6) is 0.649. The average Bonchev–Trinajstić information content (AvgIpc) is 3.44. The van der Waals surface area contributed by atoms with Crippen molar-refractivity contribution in [3.8, 4) is 22.8 Å². The van der Waals surface area contributed by atoms with Gasteiger partial charge in [0.15, 0.2) is 0 Å². The van der Waals surface area contributed by atoms with Crippen LogP contribution in [0.4, 0.5) is 4.39 Å². The molecule has 0 bridgehead atoms. The molecule has 160 valence electrons. The zero-order valence-corrected chi connectivity index (χ0v) is 17.3. The Hall–Kier alpha value is -4.00. The Labute approximate surface area is 184 Å². The van der Waals surface area contributed by atoms with Gasteiger partial charge in [-0.1, -0.05) is 12.6 Å². The van der Waals surface area contributed by atoms with Gasteiger partial charge in [0.05, 0.1) is 11.6 Å². The molecule has 1 aliphatic heterocycles. The van der Waals surface area contributed by atoms with Gasteiger partial charge in [-0.3, -0.25) is 14.5 Å². The highest BCUT2D eigenvalue weighted by Gasteiger charge is 2.28. The lowest BCUT2D eigenvalue weighted by Gasteiger charge is -2.15. The number of hydrogen-bond donors (Lipinski definition) is 0. The molecule has 0 aliphatic carbocycles. The van der Waals surface area contributed by atoms with Crippen molar-refractivity contribution in [2.75, 3.05) is 13.1 Å². The van der Waals surface area contributed by atoms with Crippen molar-refractivity contribution in [2.45, 2.75) is 12.5 Å². The van der Waals surface area contributed by atoms with Crippen molar-refractivity contribution >= 4 is 16.8 Å². The molecule has 1 saturated heterocycles. The predicted molar refractivity (Wildman–Crippen MR) is 120 cm³/mol. The molecule has 1 atom stereocenters. The van der Waals surface area contributed by atoms with E-state index in [4.69, 9.17) is 9.84 Å². The lowest BCUT2D eigenvalue weighted by Crippen LogP contribution is -2.27. The van der Waals surface area contributed by atoms with Crippen LogP contribution in [-0.4, -0.2) is 38.7 Å². The van der Waals surface area contributed by atoms with E-state index in [1.165, 1.54) is 18.2 Å². The van der Waals surface area contributed by atoms with Gasteiger partial charge in [-0.05, 0) is 55.0 Å². The SMILES string of the molecule is C=CC(=O)N1CCC(n2nc(-c3ccc(Oc4cccc(F)c4)cc3)c3cnccc32)C1. The summed E-state index contributed by atoms with van der Waals surface area (Å²) in [6.07, 6.45) is 5.75. The standard InChI is InChI=1S/C25H21FN4O2/c1-2-24(31)29-13-11-19(16-29)30-23-10-12-27-15-22(23)25(28-30)17-6-8-20(9-7-17)32-21-5-3-4-18(26)14-21/h2-10,12,14-15,19H,1,11,13,16H2. The Morgan fingerprint density at radius 3 is 2.78 bits per heavy atom. The molecule has 1 aliphatic rings. The molecule has 5 rings (SSSR count). The van der Waals surface area contributed by atoms with Crippen LogP contribution in [0.3, 0.4) is 0 Å². The number of halogens is 1. The second-order valence-corrected chi connectivity index (χ2v) is 7.70. The first kappa shape index (κ1) is 19.9. The summed E-state index contributed by atoms with van der Waals surface area (Å²) in [6, 6.07) is 15.6. The van der Waals surface area contributed by atoms with E-state index >= 15 is 0 Å². The Morgan fingerprint density at radius 2 is 2.00 bits per heavy atom. The van der Waals surface area contributed by atoms with E-state index in [2.05, 4.69) is 11.6 Å². The number of hydrogen-bond acceptors (Lipinski definition) is 4. The molecule has 2 aromatic carbocycles. The van der Waals surface area contributed by atoms with E-state index in [0.29, 0.717) is 24.6 Å². The second kappa shape index (κ2) is 8.26. The number of carbonyl (C=O) groups is 1. The van der Waals surface area contributed by atoms with Gasteiger partial charge < -0.3 is 9.64 Å². The largest absolute Gasteiger partial charge is 0.457 e. The van der Waals surface area contributed by atoms with Crippen LogP contribution in [0.25, 0.3) is 22.2 Å². The van der Waals surface area contributed by atoms with Gasteiger partial charge in [0, 0.05) is 42.5 Å². The topological polar surface area (TPSA) is 60.2 Å². The molecule has 1 fully saturated rings. The number of nitrogens with zero attached hydrogens (tertiary/aromatic N) is 4. The summed E-state index contributed by atoms with van der Waals surface area (Å²) < 4.78 is 21.1. The molecule has 0 spiro atoms. The molecule has 4 aromatic rings. The molecule has 7 heteroatoms. The van der Waals surface area contributed by atoms with Crippen molar-refractivity contribution < 1.29 is 13.9 Å². The highest BCUT2D eigenvalue weighted by Crippen LogP contribution is 2.33. The predicted octanol–water partition coefficient (Wildman–Crippen LogP) is 4.99. The van der Waals surface area contributed by atoms with E-state index < -0.39 is 0 Å². The zero-order valence-electron chi connectivity index (χ0n) is 17.3. The Bertz CT molecular complexity index is 1300. The first-order valence-electron chi connectivity index (χ1n) is 10.4. The van der Waals surface area contributed by atoms with E-state index in [0.717, 1.165) is 28.6 Å². The van der Waals surface area contributed by atoms with Crippen molar-refractivity contribution in [1.29, 1.82) is 0 Å². The molecular formula is C25H21FN4O2. The molecule has 0 radical (unpaired) electrons. The van der Waals surface area contributed by atoms with Crippen LogP contribution in [0.2, 0.25) is 0 Å². The third-order valence-electron chi connectivity index (χ3n) is 5.66. The Kier molecular flexibility index (Phi) is 5.15. The first-order chi connectivity index (χ1) is 15.6. The number of rotatable bonds is 5. The molecule has 0 saturated carbocycles. The number of ether oxygens (including phenoxy) is 1. The molecule has 6 nitrogen and oxygen atoms in total. The average molecular weight is 428 g/mol. The van der Waals surface area contributed by atoms with Gasteiger partial charge in [0.1, 0.15) is 23.0 Å². The van der Waals surface area contributed by atoms with Crippen molar-refractivity contribution in [3.63, 3.8) is 0 Å². The van der Waals surface area contributed by atoms with E-state index in [-0.39, 0.29) is 17.8 Å². The summed E-state index contributed by atoms with van der Waals surface area (Å²) in [5.41, 5.74) is 2.72.